The highest BCUT2D eigenvalue weighted by molar-refractivity contribution is 5.86. The van der Waals surface area contributed by atoms with Gasteiger partial charge in [-0.2, -0.15) is 0 Å². The highest BCUT2D eigenvalue weighted by Crippen LogP contribution is 2.32. The molecule has 5 nitrogen and oxygen atoms in total. The highest BCUT2D eigenvalue weighted by atomic mass is 16.6. The third kappa shape index (κ3) is 3.29. The molecule has 1 aromatic rings. The van der Waals surface area contributed by atoms with Gasteiger partial charge < -0.3 is 20.5 Å². The van der Waals surface area contributed by atoms with E-state index in [0.29, 0.717) is 26.1 Å². The molecule has 0 radical (unpaired) electrons. The summed E-state index contributed by atoms with van der Waals surface area (Å²) in [7, 11) is 0. The van der Waals surface area contributed by atoms with Crippen LogP contribution in [-0.4, -0.2) is 24.7 Å². The van der Waals surface area contributed by atoms with Crippen molar-refractivity contribution in [3.8, 4) is 11.5 Å². The molecule has 1 aliphatic rings. The number of fused-ring (bicyclic) bond motifs is 1. The third-order valence-electron chi connectivity index (χ3n) is 4.13. The van der Waals surface area contributed by atoms with Crippen molar-refractivity contribution in [2.45, 2.75) is 45.2 Å². The predicted octanol–water partition coefficient (Wildman–Crippen LogP) is 2.15. The molecule has 0 aromatic heterocycles. The van der Waals surface area contributed by atoms with Gasteiger partial charge in [0.2, 0.25) is 5.91 Å². The van der Waals surface area contributed by atoms with E-state index >= 15 is 0 Å². The Bertz CT molecular complexity index is 512. The van der Waals surface area contributed by atoms with Gasteiger partial charge >= 0.3 is 0 Å². The van der Waals surface area contributed by atoms with Crippen LogP contribution in [0.15, 0.2) is 18.2 Å². The summed E-state index contributed by atoms with van der Waals surface area (Å²) in [4.78, 5) is 12.3. The summed E-state index contributed by atoms with van der Waals surface area (Å²) in [5.41, 5.74) is 6.29. The molecule has 5 heteroatoms. The number of nitrogens with two attached hydrogens (primary N) is 1. The first kappa shape index (κ1) is 15.6. The summed E-state index contributed by atoms with van der Waals surface area (Å²) in [6.45, 7) is 6.92. The van der Waals surface area contributed by atoms with Gasteiger partial charge in [-0.05, 0) is 37.5 Å². The van der Waals surface area contributed by atoms with Crippen molar-refractivity contribution in [2.75, 3.05) is 13.2 Å². The van der Waals surface area contributed by atoms with Gasteiger partial charge in [-0.15, -0.1) is 0 Å². The second-order valence-electron chi connectivity index (χ2n) is 5.46. The van der Waals surface area contributed by atoms with Crippen LogP contribution in [0, 0.1) is 0 Å². The second kappa shape index (κ2) is 6.35. The summed E-state index contributed by atoms with van der Waals surface area (Å²) in [5.74, 6) is 1.36. The summed E-state index contributed by atoms with van der Waals surface area (Å²) in [6.07, 6.45) is 1.23. The lowest BCUT2D eigenvalue weighted by atomic mass is 9.92. The molecular weight excluding hydrogens is 268 g/mol. The summed E-state index contributed by atoms with van der Waals surface area (Å²) in [5, 5.41) is 2.99. The lowest BCUT2D eigenvalue weighted by Crippen LogP contribution is -2.53. The van der Waals surface area contributed by atoms with Gasteiger partial charge in [-0.1, -0.05) is 19.9 Å². The molecule has 0 bridgehead atoms. The smallest absolute Gasteiger partial charge is 0.240 e. The standard InChI is InChI=1S/C16H24N2O3/c1-4-16(17,5-2)15(19)18-11(3)12-6-7-13-14(10-12)21-9-8-20-13/h6-7,10-11H,4-5,8-9,17H2,1-3H3,(H,18,19). The molecular formula is C16H24N2O3. The average molecular weight is 292 g/mol. The van der Waals surface area contributed by atoms with Crippen molar-refractivity contribution < 1.29 is 14.3 Å². The van der Waals surface area contributed by atoms with E-state index in [9.17, 15) is 4.79 Å². The molecule has 1 aromatic carbocycles. The molecule has 2 rings (SSSR count). The number of rotatable bonds is 5. The Morgan fingerprint density at radius 3 is 2.52 bits per heavy atom. The first-order valence-corrected chi connectivity index (χ1v) is 7.49. The van der Waals surface area contributed by atoms with Crippen LogP contribution in [0.2, 0.25) is 0 Å². The predicted molar refractivity (Wildman–Crippen MR) is 81.5 cm³/mol. The lowest BCUT2D eigenvalue weighted by Gasteiger charge is -2.28. The van der Waals surface area contributed by atoms with E-state index in [-0.39, 0.29) is 11.9 Å². The maximum Gasteiger partial charge on any atom is 0.240 e. The fraction of sp³-hybridized carbons (Fsp3) is 0.562. The molecule has 1 amide bonds. The van der Waals surface area contributed by atoms with Gasteiger partial charge in [-0.25, -0.2) is 0 Å². The minimum atomic E-state index is -0.803. The Kier molecular flexibility index (Phi) is 4.73. The van der Waals surface area contributed by atoms with Crippen LogP contribution >= 0.6 is 0 Å². The van der Waals surface area contributed by atoms with Crippen LogP contribution in [-0.2, 0) is 4.79 Å². The van der Waals surface area contributed by atoms with Crippen LogP contribution in [0.25, 0.3) is 0 Å². The number of ether oxygens (including phenoxy) is 2. The quantitative estimate of drug-likeness (QED) is 0.872. The molecule has 0 saturated heterocycles. The summed E-state index contributed by atoms with van der Waals surface area (Å²) in [6, 6.07) is 5.60. The zero-order valence-electron chi connectivity index (χ0n) is 12.9. The van der Waals surface area contributed by atoms with Crippen molar-refractivity contribution in [3.63, 3.8) is 0 Å². The Balaban J connectivity index is 2.10. The first-order chi connectivity index (χ1) is 10.00. The van der Waals surface area contributed by atoms with Gasteiger partial charge in [0.25, 0.3) is 0 Å². The Morgan fingerprint density at radius 1 is 1.29 bits per heavy atom. The Morgan fingerprint density at radius 2 is 1.90 bits per heavy atom. The molecule has 0 fully saturated rings. The first-order valence-electron chi connectivity index (χ1n) is 7.49. The normalized spacial score (nSPS) is 15.4. The zero-order chi connectivity index (χ0) is 15.5. The maximum absolute atomic E-state index is 12.3. The van der Waals surface area contributed by atoms with E-state index in [4.69, 9.17) is 15.2 Å². The SMILES string of the molecule is CCC(N)(CC)C(=O)NC(C)c1ccc2c(c1)OCCO2. The topological polar surface area (TPSA) is 73.6 Å². The van der Waals surface area contributed by atoms with Gasteiger partial charge in [-0.3, -0.25) is 4.79 Å². The molecule has 1 unspecified atom stereocenters. The number of amides is 1. The van der Waals surface area contributed by atoms with Crippen molar-refractivity contribution >= 4 is 5.91 Å². The molecule has 116 valence electrons. The molecule has 0 aliphatic carbocycles. The van der Waals surface area contributed by atoms with Crippen LogP contribution < -0.4 is 20.5 Å². The second-order valence-corrected chi connectivity index (χ2v) is 5.46. The molecule has 1 heterocycles. The van der Waals surface area contributed by atoms with E-state index in [1.165, 1.54) is 0 Å². The fourth-order valence-electron chi connectivity index (χ4n) is 2.32. The van der Waals surface area contributed by atoms with Crippen molar-refractivity contribution in [2.24, 2.45) is 5.73 Å². The van der Waals surface area contributed by atoms with Gasteiger partial charge in [0.1, 0.15) is 13.2 Å². The number of carbonyl (C=O) groups excluding carboxylic acids is 1. The van der Waals surface area contributed by atoms with Gasteiger partial charge in [0.05, 0.1) is 11.6 Å². The molecule has 0 saturated carbocycles. The number of nitrogens with one attached hydrogen (secondary N) is 1. The zero-order valence-corrected chi connectivity index (χ0v) is 12.9. The molecule has 1 aliphatic heterocycles. The number of benzene rings is 1. The van der Waals surface area contributed by atoms with Gasteiger partial charge in [0.15, 0.2) is 11.5 Å². The number of hydrogen-bond donors (Lipinski definition) is 2. The monoisotopic (exact) mass is 292 g/mol. The lowest BCUT2D eigenvalue weighted by molar-refractivity contribution is -0.127. The average Bonchev–Trinajstić information content (AvgIpc) is 2.53. The summed E-state index contributed by atoms with van der Waals surface area (Å²) < 4.78 is 11.1. The summed E-state index contributed by atoms with van der Waals surface area (Å²) >= 11 is 0. The Hall–Kier alpha value is -1.75. The molecule has 1 atom stereocenters. The van der Waals surface area contributed by atoms with E-state index in [1.54, 1.807) is 0 Å². The van der Waals surface area contributed by atoms with Crippen LogP contribution in [0.1, 0.15) is 45.2 Å². The van der Waals surface area contributed by atoms with Crippen LogP contribution in [0.3, 0.4) is 0 Å². The van der Waals surface area contributed by atoms with Crippen molar-refractivity contribution in [1.29, 1.82) is 0 Å². The van der Waals surface area contributed by atoms with E-state index in [0.717, 1.165) is 17.1 Å². The van der Waals surface area contributed by atoms with Crippen LogP contribution in [0.4, 0.5) is 0 Å². The van der Waals surface area contributed by atoms with Crippen molar-refractivity contribution in [3.05, 3.63) is 23.8 Å². The minimum absolute atomic E-state index is 0.116. The fourth-order valence-corrected chi connectivity index (χ4v) is 2.32. The largest absolute Gasteiger partial charge is 0.486 e. The third-order valence-corrected chi connectivity index (χ3v) is 4.13. The van der Waals surface area contributed by atoms with E-state index in [2.05, 4.69) is 5.32 Å². The molecule has 21 heavy (non-hydrogen) atoms. The highest BCUT2D eigenvalue weighted by Gasteiger charge is 2.31. The van der Waals surface area contributed by atoms with E-state index < -0.39 is 5.54 Å². The number of hydrogen-bond acceptors (Lipinski definition) is 4. The van der Waals surface area contributed by atoms with Crippen molar-refractivity contribution in [1.82, 2.24) is 5.32 Å². The minimum Gasteiger partial charge on any atom is -0.486 e. The Labute approximate surface area is 125 Å². The molecule has 3 N–H and O–H groups in total. The van der Waals surface area contributed by atoms with Crippen LogP contribution in [0.5, 0.6) is 11.5 Å². The number of carbonyl (C=O) groups is 1. The van der Waals surface area contributed by atoms with Gasteiger partial charge in [0, 0.05) is 0 Å². The maximum atomic E-state index is 12.3. The molecule has 0 spiro atoms. The van der Waals surface area contributed by atoms with E-state index in [1.807, 2.05) is 39.0 Å².